The lowest BCUT2D eigenvalue weighted by atomic mass is 10.2. The number of nitrogens with two attached hydrogens (primary N) is 1. The van der Waals surface area contributed by atoms with Gasteiger partial charge < -0.3 is 10.6 Å². The lowest BCUT2D eigenvalue weighted by Gasteiger charge is -2.22. The number of hydrogen-bond acceptors (Lipinski definition) is 2. The number of benzene rings is 1. The average Bonchev–Trinajstić information content (AvgIpc) is 2.34. The Bertz CT molecular complexity index is 420. The molecule has 0 aliphatic rings. The predicted molar refractivity (Wildman–Crippen MR) is 74.0 cm³/mol. The van der Waals surface area contributed by atoms with Crippen molar-refractivity contribution in [3.05, 3.63) is 35.6 Å². The Kier molecular flexibility index (Phi) is 5.71. The van der Waals surface area contributed by atoms with Gasteiger partial charge in [-0.1, -0.05) is 19.1 Å². The number of hydrogen-bond donors (Lipinski definition) is 1. The molecule has 1 rings (SSSR count). The van der Waals surface area contributed by atoms with Crippen LogP contribution in [0.2, 0.25) is 0 Å². The van der Waals surface area contributed by atoms with E-state index in [4.69, 9.17) is 18.0 Å². The van der Waals surface area contributed by atoms with Gasteiger partial charge in [0, 0.05) is 25.1 Å². The molecule has 98 valence electrons. The van der Waals surface area contributed by atoms with Crippen molar-refractivity contribution < 1.29 is 9.18 Å². The first-order valence-corrected chi connectivity index (χ1v) is 6.28. The largest absolute Gasteiger partial charge is 0.393 e. The molecule has 0 radical (unpaired) electrons. The van der Waals surface area contributed by atoms with Crippen LogP contribution in [0.4, 0.5) is 4.39 Å². The molecule has 0 aliphatic carbocycles. The summed E-state index contributed by atoms with van der Waals surface area (Å²) in [4.78, 5) is 14.3. The number of carbonyl (C=O) groups is 1. The van der Waals surface area contributed by atoms with E-state index in [1.54, 1.807) is 4.90 Å². The predicted octanol–water partition coefficient (Wildman–Crippen LogP) is 2.35. The van der Waals surface area contributed by atoms with Crippen LogP contribution in [0.5, 0.6) is 0 Å². The van der Waals surface area contributed by atoms with Crippen molar-refractivity contribution in [2.45, 2.75) is 19.8 Å². The molecule has 18 heavy (non-hydrogen) atoms. The number of carbonyl (C=O) groups excluding carboxylic acids is 1. The molecular formula is C13H17FN2OS. The average molecular weight is 268 g/mol. The third-order valence-corrected chi connectivity index (χ3v) is 2.70. The minimum absolute atomic E-state index is 0.117. The van der Waals surface area contributed by atoms with Gasteiger partial charge in [-0.2, -0.15) is 0 Å². The van der Waals surface area contributed by atoms with Gasteiger partial charge in [0.25, 0.3) is 5.91 Å². The second-order valence-corrected chi connectivity index (χ2v) is 4.54. The van der Waals surface area contributed by atoms with Gasteiger partial charge >= 0.3 is 0 Å². The smallest absolute Gasteiger partial charge is 0.253 e. The zero-order chi connectivity index (χ0) is 13.5. The van der Waals surface area contributed by atoms with Crippen molar-refractivity contribution in [3.8, 4) is 0 Å². The summed E-state index contributed by atoms with van der Waals surface area (Å²) in [6, 6.07) is 5.54. The second kappa shape index (κ2) is 7.06. The van der Waals surface area contributed by atoms with E-state index < -0.39 is 0 Å². The quantitative estimate of drug-likeness (QED) is 0.806. The van der Waals surface area contributed by atoms with Gasteiger partial charge in [-0.05, 0) is 30.7 Å². The molecule has 1 aromatic carbocycles. The summed E-state index contributed by atoms with van der Waals surface area (Å²) < 4.78 is 12.8. The van der Waals surface area contributed by atoms with Crippen LogP contribution in [0.1, 0.15) is 30.1 Å². The van der Waals surface area contributed by atoms with Crippen LogP contribution in [-0.2, 0) is 0 Å². The van der Waals surface area contributed by atoms with E-state index in [0.29, 0.717) is 30.1 Å². The molecule has 0 atom stereocenters. The van der Waals surface area contributed by atoms with E-state index in [2.05, 4.69) is 0 Å². The van der Waals surface area contributed by atoms with Crippen LogP contribution < -0.4 is 5.73 Å². The highest BCUT2D eigenvalue weighted by Gasteiger charge is 2.14. The summed E-state index contributed by atoms with van der Waals surface area (Å²) in [6.07, 6.45) is 1.35. The van der Waals surface area contributed by atoms with E-state index in [0.717, 1.165) is 6.42 Å². The molecule has 0 saturated heterocycles. The highest BCUT2D eigenvalue weighted by atomic mass is 32.1. The van der Waals surface area contributed by atoms with Crippen LogP contribution in [0.15, 0.2) is 24.3 Å². The van der Waals surface area contributed by atoms with E-state index in [9.17, 15) is 9.18 Å². The van der Waals surface area contributed by atoms with E-state index in [-0.39, 0.29) is 11.7 Å². The fourth-order valence-electron chi connectivity index (χ4n) is 1.61. The maximum atomic E-state index is 12.8. The second-order valence-electron chi connectivity index (χ2n) is 4.02. The summed E-state index contributed by atoms with van der Waals surface area (Å²) >= 11 is 4.81. The fourth-order valence-corrected chi connectivity index (χ4v) is 1.70. The number of thiocarbonyl (C=S) groups is 1. The summed E-state index contributed by atoms with van der Waals surface area (Å²) in [6.45, 7) is 3.13. The molecule has 0 saturated carbocycles. The van der Waals surface area contributed by atoms with Crippen LogP contribution in [-0.4, -0.2) is 28.9 Å². The maximum absolute atomic E-state index is 12.8. The first kappa shape index (κ1) is 14.6. The monoisotopic (exact) mass is 268 g/mol. The van der Waals surface area contributed by atoms with Gasteiger partial charge in [0.05, 0.1) is 4.99 Å². The molecule has 0 unspecified atom stereocenters. The zero-order valence-corrected chi connectivity index (χ0v) is 11.2. The Labute approximate surface area is 112 Å². The molecule has 0 aliphatic heterocycles. The fraction of sp³-hybridized carbons (Fsp3) is 0.385. The SMILES string of the molecule is CCCN(CCC(N)=S)C(=O)c1ccc(F)cc1. The molecule has 0 heterocycles. The molecule has 1 amide bonds. The number of rotatable bonds is 6. The minimum Gasteiger partial charge on any atom is -0.393 e. The topological polar surface area (TPSA) is 46.3 Å². The van der Waals surface area contributed by atoms with Crippen molar-refractivity contribution in [3.63, 3.8) is 0 Å². The van der Waals surface area contributed by atoms with Gasteiger partial charge in [-0.25, -0.2) is 4.39 Å². The van der Waals surface area contributed by atoms with Gasteiger partial charge in [-0.15, -0.1) is 0 Å². The van der Waals surface area contributed by atoms with Crippen LogP contribution in [0.25, 0.3) is 0 Å². The highest BCUT2D eigenvalue weighted by molar-refractivity contribution is 7.80. The minimum atomic E-state index is -0.350. The first-order valence-electron chi connectivity index (χ1n) is 5.87. The first-order chi connectivity index (χ1) is 8.54. The molecule has 0 bridgehead atoms. The van der Waals surface area contributed by atoms with Gasteiger partial charge in [0.15, 0.2) is 0 Å². The van der Waals surface area contributed by atoms with Crippen molar-refractivity contribution in [1.82, 2.24) is 4.90 Å². The third-order valence-electron chi connectivity index (χ3n) is 2.50. The molecule has 0 spiro atoms. The molecular weight excluding hydrogens is 251 g/mol. The number of nitrogens with zero attached hydrogens (tertiary/aromatic N) is 1. The lowest BCUT2D eigenvalue weighted by molar-refractivity contribution is 0.0760. The van der Waals surface area contributed by atoms with Crippen molar-refractivity contribution in [2.75, 3.05) is 13.1 Å². The van der Waals surface area contributed by atoms with E-state index >= 15 is 0 Å². The van der Waals surface area contributed by atoms with Crippen molar-refractivity contribution in [1.29, 1.82) is 0 Å². The highest BCUT2D eigenvalue weighted by Crippen LogP contribution is 2.08. The molecule has 2 N–H and O–H groups in total. The summed E-state index contributed by atoms with van der Waals surface area (Å²) in [5, 5.41) is 0. The van der Waals surface area contributed by atoms with Crippen molar-refractivity contribution >= 4 is 23.1 Å². The molecule has 0 fully saturated rings. The Hall–Kier alpha value is -1.49. The van der Waals surface area contributed by atoms with Gasteiger partial charge in [0.2, 0.25) is 0 Å². The summed E-state index contributed by atoms with van der Waals surface area (Å²) in [5.41, 5.74) is 5.92. The number of amides is 1. The summed E-state index contributed by atoms with van der Waals surface area (Å²) in [7, 11) is 0. The normalized spacial score (nSPS) is 10.1. The Balaban J connectivity index is 2.75. The van der Waals surface area contributed by atoms with Crippen LogP contribution >= 0.6 is 12.2 Å². The molecule has 3 nitrogen and oxygen atoms in total. The Morgan fingerprint density at radius 1 is 1.33 bits per heavy atom. The third kappa shape index (κ3) is 4.41. The summed E-state index contributed by atoms with van der Waals surface area (Å²) in [5.74, 6) is -0.468. The maximum Gasteiger partial charge on any atom is 0.253 e. The molecule has 5 heteroatoms. The Morgan fingerprint density at radius 3 is 2.44 bits per heavy atom. The van der Waals surface area contributed by atoms with E-state index in [1.807, 2.05) is 6.92 Å². The van der Waals surface area contributed by atoms with Gasteiger partial charge in [0.1, 0.15) is 5.82 Å². The van der Waals surface area contributed by atoms with Crippen LogP contribution in [0.3, 0.4) is 0 Å². The van der Waals surface area contributed by atoms with Gasteiger partial charge in [-0.3, -0.25) is 4.79 Å². The Morgan fingerprint density at radius 2 is 1.94 bits per heavy atom. The molecule has 1 aromatic rings. The standard InChI is InChI=1S/C13H17FN2OS/c1-2-8-16(9-7-12(15)18)13(17)10-3-5-11(14)6-4-10/h3-6H,2,7-9H2,1H3,(H2,15,18). The number of halogens is 1. The molecule has 0 aromatic heterocycles. The van der Waals surface area contributed by atoms with Crippen molar-refractivity contribution in [2.24, 2.45) is 5.73 Å². The zero-order valence-electron chi connectivity index (χ0n) is 10.4. The lowest BCUT2D eigenvalue weighted by Crippen LogP contribution is -2.34. The van der Waals surface area contributed by atoms with Crippen LogP contribution in [0, 0.1) is 5.82 Å². The van der Waals surface area contributed by atoms with E-state index in [1.165, 1.54) is 24.3 Å².